The van der Waals surface area contributed by atoms with Crippen LogP contribution < -0.4 is 14.8 Å². The fourth-order valence-electron chi connectivity index (χ4n) is 2.89. The van der Waals surface area contributed by atoms with E-state index in [4.69, 9.17) is 18.9 Å². The Kier molecular flexibility index (Phi) is 7.07. The standard InChI is InChI=1S/C24H21NO7/c1-29-17-8-4-6-15(12-17)22(26)25-16-7-5-9-18(13-16)32-19-10-11-20(23(27)30-2)21(14-19)24(28)31-3/h4-14H,1-3H3,(H,25,26). The van der Waals surface area contributed by atoms with E-state index in [-0.39, 0.29) is 17.0 Å². The van der Waals surface area contributed by atoms with Gasteiger partial charge in [-0.25, -0.2) is 9.59 Å². The highest BCUT2D eigenvalue weighted by Crippen LogP contribution is 2.27. The number of hydrogen-bond acceptors (Lipinski definition) is 7. The topological polar surface area (TPSA) is 100 Å². The number of methoxy groups -OCH3 is 3. The minimum Gasteiger partial charge on any atom is -0.497 e. The summed E-state index contributed by atoms with van der Waals surface area (Å²) >= 11 is 0. The molecule has 0 atom stereocenters. The van der Waals surface area contributed by atoms with Crippen LogP contribution in [0.15, 0.2) is 66.7 Å². The molecular formula is C24H21NO7. The van der Waals surface area contributed by atoms with Crippen molar-refractivity contribution in [2.24, 2.45) is 0 Å². The summed E-state index contributed by atoms with van der Waals surface area (Å²) < 4.78 is 20.4. The summed E-state index contributed by atoms with van der Waals surface area (Å²) in [7, 11) is 3.96. The summed E-state index contributed by atoms with van der Waals surface area (Å²) in [6, 6.07) is 17.9. The first-order chi connectivity index (χ1) is 15.4. The van der Waals surface area contributed by atoms with Crippen LogP contribution in [0.1, 0.15) is 31.1 Å². The summed E-state index contributed by atoms with van der Waals surface area (Å²) in [5, 5.41) is 2.80. The molecule has 32 heavy (non-hydrogen) atoms. The molecule has 0 aliphatic heterocycles. The highest BCUT2D eigenvalue weighted by Gasteiger charge is 2.19. The fourth-order valence-corrected chi connectivity index (χ4v) is 2.89. The normalized spacial score (nSPS) is 10.1. The molecule has 3 rings (SSSR count). The number of esters is 2. The molecule has 8 nitrogen and oxygen atoms in total. The first kappa shape index (κ1) is 22.4. The second-order valence-electron chi connectivity index (χ2n) is 6.51. The number of carbonyl (C=O) groups is 3. The van der Waals surface area contributed by atoms with Gasteiger partial charge in [-0.05, 0) is 48.5 Å². The largest absolute Gasteiger partial charge is 0.497 e. The zero-order valence-electron chi connectivity index (χ0n) is 17.7. The number of nitrogens with one attached hydrogen (secondary N) is 1. The molecular weight excluding hydrogens is 414 g/mol. The van der Waals surface area contributed by atoms with Gasteiger partial charge in [0.25, 0.3) is 5.91 Å². The lowest BCUT2D eigenvalue weighted by atomic mass is 10.1. The van der Waals surface area contributed by atoms with Gasteiger partial charge in [0.15, 0.2) is 0 Å². The molecule has 0 unspecified atom stereocenters. The molecule has 0 aliphatic rings. The molecule has 0 heterocycles. The monoisotopic (exact) mass is 435 g/mol. The van der Waals surface area contributed by atoms with Gasteiger partial charge in [-0.15, -0.1) is 0 Å². The molecule has 0 spiro atoms. The molecule has 8 heteroatoms. The van der Waals surface area contributed by atoms with E-state index in [1.165, 1.54) is 39.5 Å². The van der Waals surface area contributed by atoms with Crippen molar-refractivity contribution in [3.8, 4) is 17.2 Å². The Bertz CT molecular complexity index is 1160. The van der Waals surface area contributed by atoms with Gasteiger partial charge < -0.3 is 24.3 Å². The van der Waals surface area contributed by atoms with Crippen LogP contribution in [-0.2, 0) is 9.47 Å². The second-order valence-corrected chi connectivity index (χ2v) is 6.51. The van der Waals surface area contributed by atoms with E-state index >= 15 is 0 Å². The van der Waals surface area contributed by atoms with Gasteiger partial charge in [0, 0.05) is 17.3 Å². The minimum atomic E-state index is -0.699. The Labute approximate surface area is 184 Å². The van der Waals surface area contributed by atoms with Crippen molar-refractivity contribution in [2.75, 3.05) is 26.6 Å². The first-order valence-corrected chi connectivity index (χ1v) is 9.49. The van der Waals surface area contributed by atoms with Crippen LogP contribution in [0.2, 0.25) is 0 Å². The highest BCUT2D eigenvalue weighted by atomic mass is 16.5. The number of anilines is 1. The maximum atomic E-state index is 12.5. The van der Waals surface area contributed by atoms with Crippen LogP contribution in [0.5, 0.6) is 17.2 Å². The average Bonchev–Trinajstić information content (AvgIpc) is 2.83. The van der Waals surface area contributed by atoms with E-state index in [1.807, 2.05) is 0 Å². The van der Waals surface area contributed by atoms with Crippen LogP contribution in [0.3, 0.4) is 0 Å². The van der Waals surface area contributed by atoms with Crippen molar-refractivity contribution in [1.82, 2.24) is 0 Å². The molecule has 3 aromatic rings. The fraction of sp³-hybridized carbons (Fsp3) is 0.125. The van der Waals surface area contributed by atoms with Crippen molar-refractivity contribution >= 4 is 23.5 Å². The number of benzene rings is 3. The van der Waals surface area contributed by atoms with E-state index < -0.39 is 11.9 Å². The van der Waals surface area contributed by atoms with Gasteiger partial charge in [0.2, 0.25) is 0 Å². The lowest BCUT2D eigenvalue weighted by Crippen LogP contribution is -2.12. The number of rotatable bonds is 7. The third-order valence-corrected chi connectivity index (χ3v) is 4.46. The van der Waals surface area contributed by atoms with E-state index in [0.717, 1.165) is 0 Å². The van der Waals surface area contributed by atoms with E-state index in [2.05, 4.69) is 5.32 Å². The third kappa shape index (κ3) is 5.23. The molecule has 0 saturated heterocycles. The van der Waals surface area contributed by atoms with Crippen LogP contribution >= 0.6 is 0 Å². The molecule has 0 radical (unpaired) electrons. The van der Waals surface area contributed by atoms with Gasteiger partial charge in [0.05, 0.1) is 32.5 Å². The van der Waals surface area contributed by atoms with Crippen LogP contribution in [0, 0.1) is 0 Å². The lowest BCUT2D eigenvalue weighted by Gasteiger charge is -2.12. The molecule has 0 aromatic heterocycles. The predicted octanol–water partition coefficient (Wildman–Crippen LogP) is 4.31. The molecule has 164 valence electrons. The summed E-state index contributed by atoms with van der Waals surface area (Å²) in [6.07, 6.45) is 0. The number of amides is 1. The molecule has 0 bridgehead atoms. The van der Waals surface area contributed by atoms with Gasteiger partial charge in [0.1, 0.15) is 17.2 Å². The van der Waals surface area contributed by atoms with E-state index in [9.17, 15) is 14.4 Å². The Balaban J connectivity index is 1.80. The van der Waals surface area contributed by atoms with Crippen molar-refractivity contribution in [3.63, 3.8) is 0 Å². The quantitative estimate of drug-likeness (QED) is 0.552. The van der Waals surface area contributed by atoms with E-state index in [0.29, 0.717) is 28.5 Å². The highest BCUT2D eigenvalue weighted by molar-refractivity contribution is 6.05. The number of hydrogen-bond donors (Lipinski definition) is 1. The lowest BCUT2D eigenvalue weighted by molar-refractivity contribution is 0.0555. The molecule has 0 saturated carbocycles. The van der Waals surface area contributed by atoms with Gasteiger partial charge >= 0.3 is 11.9 Å². The smallest absolute Gasteiger partial charge is 0.338 e. The molecule has 3 aromatic carbocycles. The summed E-state index contributed by atoms with van der Waals surface area (Å²) in [4.78, 5) is 36.5. The maximum Gasteiger partial charge on any atom is 0.338 e. The second kappa shape index (κ2) is 10.1. The van der Waals surface area contributed by atoms with Crippen LogP contribution in [0.25, 0.3) is 0 Å². The Morgan fingerprint density at radius 2 is 1.34 bits per heavy atom. The minimum absolute atomic E-state index is 0.0133. The molecule has 0 fully saturated rings. The summed E-state index contributed by atoms with van der Waals surface area (Å²) in [5.74, 6) is -0.387. The third-order valence-electron chi connectivity index (χ3n) is 4.46. The van der Waals surface area contributed by atoms with Crippen molar-refractivity contribution in [1.29, 1.82) is 0 Å². The van der Waals surface area contributed by atoms with Crippen LogP contribution in [0.4, 0.5) is 5.69 Å². The molecule has 0 aliphatic carbocycles. The SMILES string of the molecule is COC(=O)c1ccc(Oc2cccc(NC(=O)c3cccc(OC)c3)c2)cc1C(=O)OC. The Morgan fingerprint density at radius 1 is 0.688 bits per heavy atom. The number of ether oxygens (including phenoxy) is 4. The van der Waals surface area contributed by atoms with Crippen molar-refractivity contribution in [2.45, 2.75) is 0 Å². The number of carbonyl (C=O) groups excluding carboxylic acids is 3. The van der Waals surface area contributed by atoms with E-state index in [1.54, 1.807) is 48.5 Å². The van der Waals surface area contributed by atoms with Gasteiger partial charge in [-0.3, -0.25) is 4.79 Å². The predicted molar refractivity (Wildman–Crippen MR) is 117 cm³/mol. The maximum absolute atomic E-state index is 12.5. The zero-order chi connectivity index (χ0) is 23.1. The average molecular weight is 435 g/mol. The summed E-state index contributed by atoms with van der Waals surface area (Å²) in [6.45, 7) is 0. The first-order valence-electron chi connectivity index (χ1n) is 9.49. The van der Waals surface area contributed by atoms with Crippen molar-refractivity contribution in [3.05, 3.63) is 83.4 Å². The van der Waals surface area contributed by atoms with Gasteiger partial charge in [-0.1, -0.05) is 12.1 Å². The molecule has 1 N–H and O–H groups in total. The van der Waals surface area contributed by atoms with Crippen molar-refractivity contribution < 1.29 is 33.3 Å². The van der Waals surface area contributed by atoms with Gasteiger partial charge in [-0.2, -0.15) is 0 Å². The Hall–Kier alpha value is -4.33. The molecule has 1 amide bonds. The summed E-state index contributed by atoms with van der Waals surface area (Å²) in [5.41, 5.74) is 1.02. The zero-order valence-corrected chi connectivity index (χ0v) is 17.7. The Morgan fingerprint density at radius 3 is 2.06 bits per heavy atom. The van der Waals surface area contributed by atoms with Crippen LogP contribution in [-0.4, -0.2) is 39.2 Å².